The number of hydrogen-bond acceptors (Lipinski definition) is 4. The van der Waals surface area contributed by atoms with Crippen LogP contribution in [0, 0.1) is 0 Å². The zero-order valence-corrected chi connectivity index (χ0v) is 11.3. The maximum atomic E-state index is 4.40. The van der Waals surface area contributed by atoms with E-state index in [1.165, 1.54) is 19.3 Å². The molecule has 1 saturated carbocycles. The molecule has 2 atom stereocenters. The molecule has 1 N–H and O–H groups in total. The normalized spacial score (nSPS) is 26.8. The second-order valence-corrected chi connectivity index (χ2v) is 6.22. The summed E-state index contributed by atoms with van der Waals surface area (Å²) in [7, 11) is 0. The highest BCUT2D eigenvalue weighted by atomic mass is 32.2. The third-order valence-electron chi connectivity index (χ3n) is 4.01. The molecule has 1 fully saturated rings. The van der Waals surface area contributed by atoms with E-state index in [0.29, 0.717) is 17.2 Å². The Kier molecular flexibility index (Phi) is 3.03. The summed E-state index contributed by atoms with van der Waals surface area (Å²) < 4.78 is 2.16. The molecule has 5 heteroatoms. The van der Waals surface area contributed by atoms with Crippen LogP contribution in [0.25, 0.3) is 0 Å². The first-order valence-corrected chi connectivity index (χ1v) is 7.60. The summed E-state index contributed by atoms with van der Waals surface area (Å²) in [5.41, 5.74) is 3.63. The molecule has 0 bridgehead atoms. The number of nitrogens with zero attached hydrogens (tertiary/aromatic N) is 3. The number of hydrogen-bond donors (Lipinski definition) is 1. The molecule has 3 rings (SSSR count). The molecule has 1 aliphatic carbocycles. The number of aromatic nitrogens is 3. The highest BCUT2D eigenvalue weighted by Crippen LogP contribution is 2.39. The Morgan fingerprint density at radius 1 is 1.35 bits per heavy atom. The molecule has 2 heterocycles. The summed E-state index contributed by atoms with van der Waals surface area (Å²) in [5.74, 6) is 1.66. The maximum Gasteiger partial charge on any atom is 0.210 e. The van der Waals surface area contributed by atoms with E-state index in [1.807, 2.05) is 11.8 Å². The molecular formula is C12H20N4S. The zero-order chi connectivity index (χ0) is 11.8. The van der Waals surface area contributed by atoms with Crippen molar-refractivity contribution in [2.24, 2.45) is 0 Å². The van der Waals surface area contributed by atoms with E-state index in [0.717, 1.165) is 23.8 Å². The second-order valence-electron chi connectivity index (χ2n) is 5.01. The van der Waals surface area contributed by atoms with Crippen LogP contribution in [0.2, 0.25) is 0 Å². The van der Waals surface area contributed by atoms with E-state index in [1.54, 1.807) is 0 Å². The van der Waals surface area contributed by atoms with Gasteiger partial charge in [0.25, 0.3) is 0 Å². The number of nitrogens with one attached hydrogen (secondary N) is 1. The monoisotopic (exact) mass is 252 g/mol. The fourth-order valence-electron chi connectivity index (χ4n) is 2.91. The Bertz CT molecular complexity index is 399. The first-order chi connectivity index (χ1) is 8.33. The van der Waals surface area contributed by atoms with Crippen LogP contribution >= 0.6 is 11.8 Å². The lowest BCUT2D eigenvalue weighted by molar-refractivity contribution is 0.534. The van der Waals surface area contributed by atoms with E-state index in [2.05, 4.69) is 34.1 Å². The van der Waals surface area contributed by atoms with Crippen molar-refractivity contribution in [1.29, 1.82) is 0 Å². The molecular weight excluding hydrogens is 232 g/mol. The van der Waals surface area contributed by atoms with Gasteiger partial charge in [0.1, 0.15) is 0 Å². The molecule has 17 heavy (non-hydrogen) atoms. The van der Waals surface area contributed by atoms with Gasteiger partial charge < -0.3 is 5.43 Å². The van der Waals surface area contributed by atoms with Crippen LogP contribution in [0.3, 0.4) is 0 Å². The van der Waals surface area contributed by atoms with Crippen molar-refractivity contribution in [2.45, 2.75) is 68.3 Å². The predicted molar refractivity (Wildman–Crippen MR) is 70.0 cm³/mol. The van der Waals surface area contributed by atoms with Crippen LogP contribution in [0.1, 0.15) is 57.7 Å². The molecule has 1 aromatic heterocycles. The third kappa shape index (κ3) is 1.84. The third-order valence-corrected chi connectivity index (χ3v) is 5.36. The molecule has 0 amide bonds. The van der Waals surface area contributed by atoms with Crippen LogP contribution in [0.4, 0.5) is 0 Å². The minimum Gasteiger partial charge on any atom is -0.318 e. The molecule has 4 nitrogen and oxygen atoms in total. The highest BCUT2D eigenvalue weighted by Gasteiger charge is 2.35. The lowest BCUT2D eigenvalue weighted by atomic mass is 10.0. The van der Waals surface area contributed by atoms with Gasteiger partial charge in [0.15, 0.2) is 5.82 Å². The first-order valence-electron chi connectivity index (χ1n) is 6.72. The number of fused-ring (bicyclic) bond motifs is 2. The summed E-state index contributed by atoms with van der Waals surface area (Å²) in [6.07, 6.45) is 6.21. The van der Waals surface area contributed by atoms with E-state index in [-0.39, 0.29) is 0 Å². The average Bonchev–Trinajstić information content (AvgIpc) is 2.94. The summed E-state index contributed by atoms with van der Waals surface area (Å²) in [6.45, 7) is 4.45. The van der Waals surface area contributed by atoms with Gasteiger partial charge in [-0.3, -0.25) is 0 Å². The summed E-state index contributed by atoms with van der Waals surface area (Å²) in [6, 6.07) is 0.622. The molecule has 0 spiro atoms. The van der Waals surface area contributed by atoms with E-state index in [9.17, 15) is 0 Å². The standard InChI is InChI=1S/C12H20N4S/c1-3-8(4-2)11-13-14-12-16(11)15-9-6-5-7-10(9)17-12/h8-10,15H,3-7H2,1-2H3. The van der Waals surface area contributed by atoms with Gasteiger partial charge in [-0.2, -0.15) is 0 Å². The Morgan fingerprint density at radius 2 is 2.18 bits per heavy atom. The van der Waals surface area contributed by atoms with Gasteiger partial charge in [-0.05, 0) is 25.7 Å². The predicted octanol–water partition coefficient (Wildman–Crippen LogP) is 2.75. The van der Waals surface area contributed by atoms with Crippen molar-refractivity contribution in [3.05, 3.63) is 5.82 Å². The van der Waals surface area contributed by atoms with E-state index < -0.39 is 0 Å². The lowest BCUT2D eigenvalue weighted by Gasteiger charge is -2.29. The van der Waals surface area contributed by atoms with Crippen molar-refractivity contribution in [1.82, 2.24) is 14.9 Å². The van der Waals surface area contributed by atoms with Crippen molar-refractivity contribution in [2.75, 3.05) is 5.43 Å². The van der Waals surface area contributed by atoms with E-state index in [4.69, 9.17) is 0 Å². The minimum atomic E-state index is 0.530. The van der Waals surface area contributed by atoms with Crippen LogP contribution < -0.4 is 5.43 Å². The lowest BCUT2D eigenvalue weighted by Crippen LogP contribution is -2.38. The Hall–Kier alpha value is -0.710. The molecule has 2 unspecified atom stereocenters. The minimum absolute atomic E-state index is 0.530. The SMILES string of the molecule is CCC(CC)c1nnc2n1NC1CCCC1S2. The highest BCUT2D eigenvalue weighted by molar-refractivity contribution is 7.99. The van der Waals surface area contributed by atoms with Crippen LogP contribution in [-0.2, 0) is 0 Å². The van der Waals surface area contributed by atoms with Gasteiger partial charge >= 0.3 is 0 Å². The van der Waals surface area contributed by atoms with Crippen LogP contribution in [-0.4, -0.2) is 26.2 Å². The van der Waals surface area contributed by atoms with Crippen LogP contribution in [0.5, 0.6) is 0 Å². The molecule has 1 aliphatic heterocycles. The fraction of sp³-hybridized carbons (Fsp3) is 0.833. The summed E-state index contributed by atoms with van der Waals surface area (Å²) in [4.78, 5) is 0. The van der Waals surface area contributed by atoms with Crippen molar-refractivity contribution in [3.63, 3.8) is 0 Å². The Labute approximate surface area is 107 Å². The van der Waals surface area contributed by atoms with Gasteiger partial charge in [0, 0.05) is 11.2 Å². The van der Waals surface area contributed by atoms with Gasteiger partial charge in [0.05, 0.1) is 6.04 Å². The fourth-order valence-corrected chi connectivity index (χ4v) is 4.17. The molecule has 0 radical (unpaired) electrons. The van der Waals surface area contributed by atoms with Gasteiger partial charge in [-0.25, -0.2) is 4.68 Å². The van der Waals surface area contributed by atoms with Crippen LogP contribution in [0.15, 0.2) is 5.16 Å². The Balaban J connectivity index is 1.90. The van der Waals surface area contributed by atoms with Gasteiger partial charge in [0.2, 0.25) is 5.16 Å². The summed E-state index contributed by atoms with van der Waals surface area (Å²) in [5, 5.41) is 10.5. The smallest absolute Gasteiger partial charge is 0.210 e. The van der Waals surface area contributed by atoms with Gasteiger partial charge in [-0.1, -0.05) is 32.0 Å². The molecule has 0 saturated heterocycles. The van der Waals surface area contributed by atoms with Crippen molar-refractivity contribution in [3.8, 4) is 0 Å². The first kappa shape index (κ1) is 11.4. The molecule has 1 aromatic rings. The molecule has 0 aromatic carbocycles. The van der Waals surface area contributed by atoms with Crippen molar-refractivity contribution >= 4 is 11.8 Å². The Morgan fingerprint density at radius 3 is 2.94 bits per heavy atom. The summed E-state index contributed by atoms with van der Waals surface area (Å²) >= 11 is 1.91. The molecule has 2 aliphatic rings. The second kappa shape index (κ2) is 4.52. The number of rotatable bonds is 3. The number of thioether (sulfide) groups is 1. The zero-order valence-electron chi connectivity index (χ0n) is 10.5. The van der Waals surface area contributed by atoms with E-state index >= 15 is 0 Å². The largest absolute Gasteiger partial charge is 0.318 e. The topological polar surface area (TPSA) is 42.7 Å². The quantitative estimate of drug-likeness (QED) is 0.898. The average molecular weight is 252 g/mol. The van der Waals surface area contributed by atoms with Gasteiger partial charge in [-0.15, -0.1) is 10.2 Å². The maximum absolute atomic E-state index is 4.40. The molecule has 94 valence electrons. The van der Waals surface area contributed by atoms with Crippen molar-refractivity contribution < 1.29 is 0 Å².